The fourth-order valence-corrected chi connectivity index (χ4v) is 2.05. The summed E-state index contributed by atoms with van der Waals surface area (Å²) in [6.07, 6.45) is 2.15. The van der Waals surface area contributed by atoms with Crippen molar-refractivity contribution in [3.63, 3.8) is 0 Å². The number of carboxylic acid groups (broad SMARTS) is 1. The van der Waals surface area contributed by atoms with E-state index >= 15 is 0 Å². The Hall–Kier alpha value is -1.34. The smallest absolute Gasteiger partial charge is 0.328 e. The number of rotatable bonds is 5. The molecule has 0 spiro atoms. The number of amides is 2. The molecule has 1 heterocycles. The first-order valence-corrected chi connectivity index (χ1v) is 6.01. The molecular formula is C11H21N3O4. The number of carboxylic acids is 1. The third kappa shape index (κ3) is 3.85. The standard InChI is InChI=1S/C11H21N3O4/c1-13-5-3-4-8(13)6-14(2)11(18)12-9(7-15)10(16)17/h8-9,15H,3-7H2,1-2H3,(H,12,18)(H,16,17). The molecule has 18 heavy (non-hydrogen) atoms. The number of carbonyl (C=O) groups is 2. The van der Waals surface area contributed by atoms with Gasteiger partial charge in [0.2, 0.25) is 0 Å². The molecule has 2 atom stereocenters. The van der Waals surface area contributed by atoms with Crippen LogP contribution in [0.4, 0.5) is 4.79 Å². The van der Waals surface area contributed by atoms with Gasteiger partial charge in [0.25, 0.3) is 0 Å². The summed E-state index contributed by atoms with van der Waals surface area (Å²) in [6.45, 7) is 0.965. The molecule has 0 radical (unpaired) electrons. The summed E-state index contributed by atoms with van der Waals surface area (Å²) in [5.41, 5.74) is 0. The van der Waals surface area contributed by atoms with Gasteiger partial charge >= 0.3 is 12.0 Å². The van der Waals surface area contributed by atoms with Gasteiger partial charge in [-0.2, -0.15) is 0 Å². The van der Waals surface area contributed by atoms with E-state index in [0.29, 0.717) is 12.6 Å². The number of likely N-dealkylation sites (N-methyl/N-ethyl adjacent to an activating group) is 2. The van der Waals surface area contributed by atoms with Crippen LogP contribution in [0.1, 0.15) is 12.8 Å². The summed E-state index contributed by atoms with van der Waals surface area (Å²) in [5.74, 6) is -1.24. The molecule has 104 valence electrons. The van der Waals surface area contributed by atoms with E-state index in [1.54, 1.807) is 7.05 Å². The van der Waals surface area contributed by atoms with Gasteiger partial charge in [-0.05, 0) is 26.4 Å². The molecule has 0 bridgehead atoms. The lowest BCUT2D eigenvalue weighted by Crippen LogP contribution is -2.50. The Morgan fingerprint density at radius 1 is 1.56 bits per heavy atom. The minimum Gasteiger partial charge on any atom is -0.480 e. The number of aliphatic carboxylic acids is 1. The Kier molecular flexibility index (Phi) is 5.36. The Bertz CT molecular complexity index is 311. The number of aliphatic hydroxyl groups is 1. The topological polar surface area (TPSA) is 93.1 Å². The predicted octanol–water partition coefficient (Wildman–Crippen LogP) is -0.832. The number of carbonyl (C=O) groups excluding carboxylic acids is 1. The van der Waals surface area contributed by atoms with Crippen molar-refractivity contribution in [2.24, 2.45) is 0 Å². The van der Waals surface area contributed by atoms with Crippen LogP contribution in [0, 0.1) is 0 Å². The second kappa shape index (κ2) is 6.55. The molecule has 3 N–H and O–H groups in total. The Labute approximate surface area is 106 Å². The van der Waals surface area contributed by atoms with Crippen LogP contribution in [-0.2, 0) is 4.79 Å². The molecular weight excluding hydrogens is 238 g/mol. The summed E-state index contributed by atoms with van der Waals surface area (Å²) in [6, 6.07) is -1.41. The Balaban J connectivity index is 2.43. The van der Waals surface area contributed by atoms with Gasteiger partial charge in [-0.15, -0.1) is 0 Å². The molecule has 2 amide bonds. The third-order valence-corrected chi connectivity index (χ3v) is 3.28. The lowest BCUT2D eigenvalue weighted by atomic mass is 10.2. The normalized spacial score (nSPS) is 21.6. The second-order valence-corrected chi connectivity index (χ2v) is 4.68. The number of hydrogen-bond acceptors (Lipinski definition) is 4. The highest BCUT2D eigenvalue weighted by Crippen LogP contribution is 2.15. The van der Waals surface area contributed by atoms with Crippen molar-refractivity contribution in [3.8, 4) is 0 Å². The van der Waals surface area contributed by atoms with E-state index in [1.165, 1.54) is 4.90 Å². The van der Waals surface area contributed by atoms with Crippen LogP contribution in [-0.4, -0.2) is 77.9 Å². The highest BCUT2D eigenvalue weighted by Gasteiger charge is 2.26. The largest absolute Gasteiger partial charge is 0.480 e. The summed E-state index contributed by atoms with van der Waals surface area (Å²) >= 11 is 0. The number of hydrogen-bond donors (Lipinski definition) is 3. The first-order chi connectivity index (χ1) is 8.45. The highest BCUT2D eigenvalue weighted by atomic mass is 16.4. The fourth-order valence-electron chi connectivity index (χ4n) is 2.05. The molecule has 1 aliphatic heterocycles. The van der Waals surface area contributed by atoms with Crippen molar-refractivity contribution in [3.05, 3.63) is 0 Å². The van der Waals surface area contributed by atoms with E-state index in [2.05, 4.69) is 10.2 Å². The van der Waals surface area contributed by atoms with Crippen molar-refractivity contribution >= 4 is 12.0 Å². The Morgan fingerprint density at radius 3 is 2.67 bits per heavy atom. The fraction of sp³-hybridized carbons (Fsp3) is 0.818. The molecule has 2 unspecified atom stereocenters. The summed E-state index contributed by atoms with van der Waals surface area (Å²) in [5, 5.41) is 19.8. The molecule has 1 saturated heterocycles. The van der Waals surface area contributed by atoms with E-state index < -0.39 is 24.6 Å². The molecule has 1 aliphatic rings. The summed E-state index contributed by atoms with van der Waals surface area (Å²) < 4.78 is 0. The highest BCUT2D eigenvalue weighted by molar-refractivity contribution is 5.82. The van der Waals surface area contributed by atoms with Crippen LogP contribution in [0.2, 0.25) is 0 Å². The second-order valence-electron chi connectivity index (χ2n) is 4.68. The zero-order valence-electron chi connectivity index (χ0n) is 10.8. The lowest BCUT2D eigenvalue weighted by molar-refractivity contribution is -0.140. The van der Waals surface area contributed by atoms with E-state index in [-0.39, 0.29) is 0 Å². The third-order valence-electron chi connectivity index (χ3n) is 3.28. The number of nitrogens with zero attached hydrogens (tertiary/aromatic N) is 2. The van der Waals surface area contributed by atoms with E-state index in [9.17, 15) is 9.59 Å². The van der Waals surface area contributed by atoms with Gasteiger partial charge in [0.15, 0.2) is 6.04 Å². The average Bonchev–Trinajstić information content (AvgIpc) is 2.71. The Morgan fingerprint density at radius 2 is 2.22 bits per heavy atom. The maximum absolute atomic E-state index is 11.7. The van der Waals surface area contributed by atoms with Crippen molar-refractivity contribution < 1.29 is 19.8 Å². The number of urea groups is 1. The SMILES string of the molecule is CN(CC1CCCN1C)C(=O)NC(CO)C(=O)O. The zero-order valence-corrected chi connectivity index (χ0v) is 10.8. The van der Waals surface area contributed by atoms with Crippen molar-refractivity contribution in [1.29, 1.82) is 0 Å². The first-order valence-electron chi connectivity index (χ1n) is 6.01. The van der Waals surface area contributed by atoms with Crippen LogP contribution >= 0.6 is 0 Å². The number of nitrogens with one attached hydrogen (secondary N) is 1. The quantitative estimate of drug-likeness (QED) is 0.599. The molecule has 7 heteroatoms. The van der Waals surface area contributed by atoms with Gasteiger partial charge in [0.05, 0.1) is 6.61 Å². The van der Waals surface area contributed by atoms with Gasteiger partial charge < -0.3 is 25.3 Å². The number of aliphatic hydroxyl groups excluding tert-OH is 1. The summed E-state index contributed by atoms with van der Waals surface area (Å²) in [7, 11) is 3.63. The van der Waals surface area contributed by atoms with Crippen LogP contribution < -0.4 is 5.32 Å². The minimum absolute atomic E-state index is 0.318. The van der Waals surface area contributed by atoms with Gasteiger partial charge in [-0.3, -0.25) is 0 Å². The van der Waals surface area contributed by atoms with Crippen LogP contribution in [0.15, 0.2) is 0 Å². The first kappa shape index (κ1) is 14.7. The van der Waals surface area contributed by atoms with Gasteiger partial charge in [-0.25, -0.2) is 9.59 Å². The molecule has 0 aromatic carbocycles. The van der Waals surface area contributed by atoms with Crippen molar-refractivity contribution in [2.75, 3.05) is 33.8 Å². The summed E-state index contributed by atoms with van der Waals surface area (Å²) in [4.78, 5) is 26.1. The van der Waals surface area contributed by atoms with E-state index in [0.717, 1.165) is 19.4 Å². The van der Waals surface area contributed by atoms with Crippen LogP contribution in [0.5, 0.6) is 0 Å². The molecule has 0 aliphatic carbocycles. The van der Waals surface area contributed by atoms with Gasteiger partial charge in [0.1, 0.15) is 0 Å². The molecule has 0 aromatic heterocycles. The maximum atomic E-state index is 11.7. The molecule has 1 fully saturated rings. The van der Waals surface area contributed by atoms with Gasteiger partial charge in [0, 0.05) is 19.6 Å². The lowest BCUT2D eigenvalue weighted by Gasteiger charge is -2.26. The average molecular weight is 259 g/mol. The van der Waals surface area contributed by atoms with E-state index in [1.807, 2.05) is 7.05 Å². The van der Waals surface area contributed by atoms with Gasteiger partial charge in [-0.1, -0.05) is 0 Å². The molecule has 1 rings (SSSR count). The van der Waals surface area contributed by atoms with Crippen molar-refractivity contribution in [2.45, 2.75) is 24.9 Å². The van der Waals surface area contributed by atoms with Crippen LogP contribution in [0.25, 0.3) is 0 Å². The molecule has 7 nitrogen and oxygen atoms in total. The molecule has 0 aromatic rings. The monoisotopic (exact) mass is 259 g/mol. The molecule has 0 saturated carbocycles. The van der Waals surface area contributed by atoms with E-state index in [4.69, 9.17) is 10.2 Å². The maximum Gasteiger partial charge on any atom is 0.328 e. The predicted molar refractivity (Wildman–Crippen MR) is 65.3 cm³/mol. The number of likely N-dealkylation sites (tertiary alicyclic amines) is 1. The zero-order chi connectivity index (χ0) is 13.7. The van der Waals surface area contributed by atoms with Crippen molar-refractivity contribution in [1.82, 2.24) is 15.1 Å². The van der Waals surface area contributed by atoms with Crippen LogP contribution in [0.3, 0.4) is 0 Å². The minimum atomic E-state index is -1.25.